The Balaban J connectivity index is 1.86. The predicted molar refractivity (Wildman–Crippen MR) is 76.8 cm³/mol. The first-order chi connectivity index (χ1) is 9.23. The first-order valence-corrected chi connectivity index (χ1v) is 7.56. The van der Waals surface area contributed by atoms with Crippen molar-refractivity contribution in [1.29, 1.82) is 0 Å². The molecule has 0 aromatic carbocycles. The lowest BCUT2D eigenvalue weighted by atomic mass is 9.98. The van der Waals surface area contributed by atoms with Gasteiger partial charge in [-0.15, -0.1) is 11.3 Å². The van der Waals surface area contributed by atoms with Crippen molar-refractivity contribution in [2.75, 3.05) is 6.54 Å². The highest BCUT2D eigenvalue weighted by Gasteiger charge is 2.50. The Hall–Kier alpha value is -1.43. The van der Waals surface area contributed by atoms with Gasteiger partial charge in [-0.3, -0.25) is 9.59 Å². The maximum atomic E-state index is 11.8. The average molecular weight is 296 g/mol. The molecule has 110 valence electrons. The molecule has 0 aliphatic heterocycles. The van der Waals surface area contributed by atoms with Crippen molar-refractivity contribution >= 4 is 23.2 Å². The van der Waals surface area contributed by atoms with Crippen LogP contribution in [0.4, 0.5) is 0 Å². The molecule has 0 unspecified atom stereocenters. The van der Waals surface area contributed by atoms with E-state index < -0.39 is 11.4 Å². The number of nitrogens with zero attached hydrogens (tertiary/aromatic N) is 1. The maximum Gasteiger partial charge on any atom is 0.311 e. The van der Waals surface area contributed by atoms with E-state index in [1.807, 2.05) is 5.38 Å². The number of carboxylic acids is 1. The van der Waals surface area contributed by atoms with Gasteiger partial charge in [-0.1, -0.05) is 20.8 Å². The molecule has 1 heterocycles. The summed E-state index contributed by atoms with van der Waals surface area (Å²) in [5, 5.41) is 14.6. The summed E-state index contributed by atoms with van der Waals surface area (Å²) in [5.74, 6) is -0.982. The van der Waals surface area contributed by atoms with E-state index in [-0.39, 0.29) is 24.3 Å². The summed E-state index contributed by atoms with van der Waals surface area (Å²) in [5.41, 5.74) is 0.0207. The molecule has 1 aliphatic rings. The number of hydrogen-bond donors (Lipinski definition) is 2. The van der Waals surface area contributed by atoms with Crippen LogP contribution >= 0.6 is 11.3 Å². The molecule has 0 bridgehead atoms. The smallest absolute Gasteiger partial charge is 0.311 e. The van der Waals surface area contributed by atoms with Crippen LogP contribution in [0.3, 0.4) is 0 Å². The second kappa shape index (κ2) is 5.16. The quantitative estimate of drug-likeness (QED) is 0.870. The minimum Gasteiger partial charge on any atom is -0.481 e. The maximum absolute atomic E-state index is 11.8. The molecule has 1 aromatic rings. The lowest BCUT2D eigenvalue weighted by Crippen LogP contribution is -2.35. The fourth-order valence-electron chi connectivity index (χ4n) is 1.84. The van der Waals surface area contributed by atoms with Gasteiger partial charge in [0, 0.05) is 17.3 Å². The highest BCUT2D eigenvalue weighted by Crippen LogP contribution is 2.45. The van der Waals surface area contributed by atoms with Gasteiger partial charge in [-0.2, -0.15) is 0 Å². The van der Waals surface area contributed by atoms with Crippen LogP contribution in [-0.2, 0) is 21.4 Å². The molecule has 2 rings (SSSR count). The molecule has 20 heavy (non-hydrogen) atoms. The topological polar surface area (TPSA) is 79.3 Å². The van der Waals surface area contributed by atoms with Crippen LogP contribution in [0.2, 0.25) is 0 Å². The third kappa shape index (κ3) is 3.36. The predicted octanol–water partition coefficient (Wildman–Crippen LogP) is 1.96. The second-order valence-electron chi connectivity index (χ2n) is 6.43. The monoisotopic (exact) mass is 296 g/mol. The number of rotatable bonds is 5. The molecule has 0 atom stereocenters. The van der Waals surface area contributed by atoms with E-state index in [9.17, 15) is 9.59 Å². The number of aliphatic carboxylic acids is 1. The van der Waals surface area contributed by atoms with Crippen molar-refractivity contribution in [3.63, 3.8) is 0 Å². The number of hydrogen-bond acceptors (Lipinski definition) is 4. The highest BCUT2D eigenvalue weighted by molar-refractivity contribution is 7.09. The Morgan fingerprint density at radius 2 is 2.10 bits per heavy atom. The number of carboxylic acid groups (broad SMARTS) is 1. The molecule has 1 fully saturated rings. The van der Waals surface area contributed by atoms with Crippen LogP contribution in [0.1, 0.15) is 44.3 Å². The van der Waals surface area contributed by atoms with Gasteiger partial charge in [0.2, 0.25) is 5.91 Å². The number of aromatic nitrogens is 1. The molecular formula is C14H20N2O3S. The van der Waals surface area contributed by atoms with Crippen molar-refractivity contribution in [2.45, 2.75) is 45.4 Å². The standard InChI is InChI=1S/C14H20N2O3S/c1-13(2,3)11-16-9(7-20-11)6-10(17)15-8-14(4-5-14)12(18)19/h7H,4-6,8H2,1-3H3,(H,15,17)(H,18,19). The fourth-order valence-corrected chi connectivity index (χ4v) is 2.75. The van der Waals surface area contributed by atoms with Crippen molar-refractivity contribution in [2.24, 2.45) is 5.41 Å². The number of thiazole rings is 1. The summed E-state index contributed by atoms with van der Waals surface area (Å²) >= 11 is 1.55. The summed E-state index contributed by atoms with van der Waals surface area (Å²) in [6.07, 6.45) is 1.50. The number of carbonyl (C=O) groups is 2. The third-order valence-corrected chi connectivity index (χ3v) is 4.78. The molecular weight excluding hydrogens is 276 g/mol. The van der Waals surface area contributed by atoms with Crippen LogP contribution < -0.4 is 5.32 Å². The van der Waals surface area contributed by atoms with Crippen molar-refractivity contribution in [3.8, 4) is 0 Å². The van der Waals surface area contributed by atoms with E-state index in [1.165, 1.54) is 0 Å². The molecule has 6 heteroatoms. The molecule has 0 saturated heterocycles. The van der Waals surface area contributed by atoms with Gasteiger partial charge >= 0.3 is 5.97 Å². The second-order valence-corrected chi connectivity index (χ2v) is 7.29. The largest absolute Gasteiger partial charge is 0.481 e. The van der Waals surface area contributed by atoms with Gasteiger partial charge in [0.1, 0.15) is 0 Å². The summed E-state index contributed by atoms with van der Waals surface area (Å²) < 4.78 is 0. The van der Waals surface area contributed by atoms with Gasteiger partial charge in [-0.25, -0.2) is 4.98 Å². The van der Waals surface area contributed by atoms with Gasteiger partial charge in [0.15, 0.2) is 0 Å². The van der Waals surface area contributed by atoms with Crippen LogP contribution in [0.5, 0.6) is 0 Å². The van der Waals surface area contributed by atoms with E-state index in [2.05, 4.69) is 31.1 Å². The molecule has 2 N–H and O–H groups in total. The Morgan fingerprint density at radius 1 is 1.45 bits per heavy atom. The van der Waals surface area contributed by atoms with E-state index in [1.54, 1.807) is 11.3 Å². The lowest BCUT2D eigenvalue weighted by Gasteiger charge is -2.13. The van der Waals surface area contributed by atoms with E-state index >= 15 is 0 Å². The van der Waals surface area contributed by atoms with Crippen LogP contribution in [-0.4, -0.2) is 28.5 Å². The molecule has 1 aliphatic carbocycles. The zero-order valence-electron chi connectivity index (χ0n) is 12.0. The van der Waals surface area contributed by atoms with E-state index in [0.29, 0.717) is 12.8 Å². The molecule has 1 saturated carbocycles. The lowest BCUT2D eigenvalue weighted by molar-refractivity contribution is -0.143. The first kappa shape index (κ1) is 15.0. The van der Waals surface area contributed by atoms with E-state index in [4.69, 9.17) is 5.11 Å². The molecule has 1 amide bonds. The third-order valence-electron chi connectivity index (χ3n) is 3.47. The van der Waals surface area contributed by atoms with E-state index in [0.717, 1.165) is 10.7 Å². The van der Waals surface area contributed by atoms with Gasteiger partial charge in [-0.05, 0) is 12.8 Å². The Morgan fingerprint density at radius 3 is 2.55 bits per heavy atom. The van der Waals surface area contributed by atoms with Gasteiger partial charge in [0.05, 0.1) is 22.5 Å². The summed E-state index contributed by atoms with van der Waals surface area (Å²) in [6.45, 7) is 6.47. The average Bonchev–Trinajstić information content (AvgIpc) is 2.98. The molecule has 0 radical (unpaired) electrons. The van der Waals surface area contributed by atoms with Crippen LogP contribution in [0.25, 0.3) is 0 Å². The fraction of sp³-hybridized carbons (Fsp3) is 0.643. The Kier molecular flexibility index (Phi) is 3.86. The van der Waals surface area contributed by atoms with Crippen molar-refractivity contribution in [3.05, 3.63) is 16.1 Å². The minimum atomic E-state index is -0.818. The first-order valence-electron chi connectivity index (χ1n) is 6.68. The normalized spacial score (nSPS) is 16.8. The zero-order valence-corrected chi connectivity index (χ0v) is 12.8. The summed E-state index contributed by atoms with van der Waals surface area (Å²) in [4.78, 5) is 27.3. The number of amides is 1. The van der Waals surface area contributed by atoms with Gasteiger partial charge in [0.25, 0.3) is 0 Å². The molecule has 0 spiro atoms. The summed E-state index contributed by atoms with van der Waals surface area (Å²) in [6, 6.07) is 0. The van der Waals surface area contributed by atoms with Crippen LogP contribution in [0.15, 0.2) is 5.38 Å². The number of nitrogens with one attached hydrogen (secondary N) is 1. The Labute approximate surface area is 122 Å². The van der Waals surface area contributed by atoms with Gasteiger partial charge < -0.3 is 10.4 Å². The highest BCUT2D eigenvalue weighted by atomic mass is 32.1. The molecule has 5 nitrogen and oxygen atoms in total. The minimum absolute atomic E-state index is 0.0131. The number of carbonyl (C=O) groups excluding carboxylic acids is 1. The van der Waals surface area contributed by atoms with Crippen LogP contribution in [0, 0.1) is 5.41 Å². The zero-order chi connectivity index (χ0) is 15.0. The van der Waals surface area contributed by atoms with Crippen molar-refractivity contribution in [1.82, 2.24) is 10.3 Å². The molecule has 1 aromatic heterocycles. The Bertz CT molecular complexity index is 527. The summed E-state index contributed by atoms with van der Waals surface area (Å²) in [7, 11) is 0. The SMILES string of the molecule is CC(C)(C)c1nc(CC(=O)NCC2(C(=O)O)CC2)cs1. The van der Waals surface area contributed by atoms with Crippen molar-refractivity contribution < 1.29 is 14.7 Å².